The fraction of sp³-hybridized carbons (Fsp3) is 0. The number of para-hydroxylation sites is 2. The number of rotatable bonds is 4. The Hall–Kier alpha value is -4.56. The third-order valence-electron chi connectivity index (χ3n) is 6.60. The zero-order valence-electron chi connectivity index (χ0n) is 18.5. The number of nitrogens with zero attached hydrogens (tertiary/aromatic N) is 1. The molecular formula is C32H21NO. The first-order chi connectivity index (χ1) is 16.8. The van der Waals surface area contributed by atoms with Crippen molar-refractivity contribution < 1.29 is 4.42 Å². The maximum Gasteiger partial charge on any atom is 0.135 e. The van der Waals surface area contributed by atoms with Crippen molar-refractivity contribution in [1.29, 1.82) is 0 Å². The number of benzene rings is 6. The summed E-state index contributed by atoms with van der Waals surface area (Å²) in [6.07, 6.45) is 0. The lowest BCUT2D eigenvalue weighted by molar-refractivity contribution is 0.679. The highest BCUT2D eigenvalue weighted by molar-refractivity contribution is 6.09. The second-order valence-electron chi connectivity index (χ2n) is 8.65. The number of anilines is 3. The molecule has 0 amide bonds. The van der Waals surface area contributed by atoms with Crippen molar-refractivity contribution >= 4 is 49.8 Å². The van der Waals surface area contributed by atoms with Gasteiger partial charge in [-0.15, -0.1) is 0 Å². The van der Waals surface area contributed by atoms with Crippen molar-refractivity contribution in [2.24, 2.45) is 0 Å². The van der Waals surface area contributed by atoms with Crippen LogP contribution in [0.25, 0.3) is 43.8 Å². The summed E-state index contributed by atoms with van der Waals surface area (Å²) in [4.78, 5) is 2.35. The van der Waals surface area contributed by atoms with E-state index in [0.717, 1.165) is 28.2 Å². The van der Waals surface area contributed by atoms with Crippen molar-refractivity contribution in [3.8, 4) is 11.1 Å². The summed E-state index contributed by atoms with van der Waals surface area (Å²) in [5.41, 5.74) is 7.65. The molecule has 0 aliphatic rings. The maximum atomic E-state index is 5.93. The van der Waals surface area contributed by atoms with Crippen molar-refractivity contribution in [3.05, 3.63) is 127 Å². The summed E-state index contributed by atoms with van der Waals surface area (Å²) in [7, 11) is 0. The Balaban J connectivity index is 1.53. The van der Waals surface area contributed by atoms with Gasteiger partial charge < -0.3 is 9.32 Å². The molecule has 0 spiro atoms. The van der Waals surface area contributed by atoms with Crippen LogP contribution in [0.1, 0.15) is 0 Å². The molecule has 0 aliphatic heterocycles. The van der Waals surface area contributed by atoms with E-state index in [9.17, 15) is 0 Å². The maximum absolute atomic E-state index is 5.93. The molecule has 2 bridgehead atoms. The number of hydrogen-bond donors (Lipinski definition) is 0. The van der Waals surface area contributed by atoms with E-state index >= 15 is 0 Å². The molecule has 2 heterocycles. The predicted molar refractivity (Wildman–Crippen MR) is 143 cm³/mol. The Kier molecular flexibility index (Phi) is 4.18. The van der Waals surface area contributed by atoms with Crippen LogP contribution in [0.2, 0.25) is 0 Å². The Morgan fingerprint density at radius 1 is 0.471 bits per heavy atom. The zero-order chi connectivity index (χ0) is 22.5. The van der Waals surface area contributed by atoms with Crippen molar-refractivity contribution in [2.75, 3.05) is 4.90 Å². The summed E-state index contributed by atoms with van der Waals surface area (Å²) in [5, 5.41) is 4.78. The van der Waals surface area contributed by atoms with Gasteiger partial charge in [-0.05, 0) is 77.0 Å². The largest absolute Gasteiger partial charge is 0.456 e. The van der Waals surface area contributed by atoms with E-state index in [-0.39, 0.29) is 0 Å². The van der Waals surface area contributed by atoms with Gasteiger partial charge in [-0.1, -0.05) is 66.7 Å². The van der Waals surface area contributed by atoms with Crippen LogP contribution in [0.15, 0.2) is 132 Å². The highest BCUT2D eigenvalue weighted by atomic mass is 16.3. The van der Waals surface area contributed by atoms with E-state index in [1.807, 2.05) is 6.07 Å². The minimum Gasteiger partial charge on any atom is -0.456 e. The molecule has 0 fully saturated rings. The molecule has 5 aromatic carbocycles. The van der Waals surface area contributed by atoms with Gasteiger partial charge in [-0.2, -0.15) is 0 Å². The first-order valence-corrected chi connectivity index (χ1v) is 11.5. The van der Waals surface area contributed by atoms with Crippen molar-refractivity contribution in [1.82, 2.24) is 0 Å². The Labute approximate surface area is 197 Å². The molecule has 0 saturated heterocycles. The molecule has 0 aliphatic carbocycles. The van der Waals surface area contributed by atoms with Crippen LogP contribution in [-0.2, 0) is 0 Å². The molecule has 34 heavy (non-hydrogen) atoms. The van der Waals surface area contributed by atoms with Crippen LogP contribution in [0.3, 0.4) is 0 Å². The van der Waals surface area contributed by atoms with Crippen LogP contribution in [0.5, 0.6) is 0 Å². The van der Waals surface area contributed by atoms with Gasteiger partial charge in [0, 0.05) is 27.7 Å². The molecule has 7 rings (SSSR count). The van der Waals surface area contributed by atoms with Gasteiger partial charge in [0.05, 0.1) is 5.69 Å². The number of hydrogen-bond acceptors (Lipinski definition) is 2. The van der Waals surface area contributed by atoms with Gasteiger partial charge in [0.15, 0.2) is 0 Å². The molecule has 7 aromatic rings. The quantitative estimate of drug-likeness (QED) is 0.274. The van der Waals surface area contributed by atoms with Gasteiger partial charge in [0.2, 0.25) is 0 Å². The molecule has 0 unspecified atom stereocenters. The number of fused-ring (bicyclic) bond motifs is 6. The zero-order valence-corrected chi connectivity index (χ0v) is 18.5. The van der Waals surface area contributed by atoms with E-state index in [4.69, 9.17) is 4.42 Å². The first-order valence-electron chi connectivity index (χ1n) is 11.5. The standard InChI is InChI=1S/C32H21NO/c1-3-11-25(12-4-1)33(26-13-5-2-6-14-26)30-21-23-10-8-7-9-22(23)19-28(30)24-15-16-27-29(20-24)32-18-17-31(27)34-32/h1-21H. The second kappa shape index (κ2) is 7.50. The monoisotopic (exact) mass is 435 g/mol. The van der Waals surface area contributed by atoms with Crippen LogP contribution >= 0.6 is 0 Å². The molecule has 0 radical (unpaired) electrons. The van der Waals surface area contributed by atoms with E-state index in [0.29, 0.717) is 0 Å². The molecular weight excluding hydrogens is 414 g/mol. The van der Waals surface area contributed by atoms with E-state index in [1.54, 1.807) is 0 Å². The van der Waals surface area contributed by atoms with Gasteiger partial charge in [-0.25, -0.2) is 0 Å². The average Bonchev–Trinajstić information content (AvgIpc) is 3.52. The summed E-state index contributed by atoms with van der Waals surface area (Å²) >= 11 is 0. The van der Waals surface area contributed by atoms with E-state index in [1.165, 1.54) is 32.7 Å². The van der Waals surface area contributed by atoms with Crippen LogP contribution in [0.4, 0.5) is 17.1 Å². The smallest absolute Gasteiger partial charge is 0.135 e. The molecule has 2 nitrogen and oxygen atoms in total. The molecule has 160 valence electrons. The summed E-state index contributed by atoms with van der Waals surface area (Å²) < 4.78 is 5.93. The molecule has 2 heteroatoms. The minimum atomic E-state index is 0.942. The van der Waals surface area contributed by atoms with E-state index < -0.39 is 0 Å². The normalized spacial score (nSPS) is 11.5. The van der Waals surface area contributed by atoms with Gasteiger partial charge >= 0.3 is 0 Å². The van der Waals surface area contributed by atoms with Crippen molar-refractivity contribution in [3.63, 3.8) is 0 Å². The lowest BCUT2D eigenvalue weighted by atomic mass is 9.95. The fourth-order valence-corrected chi connectivity index (χ4v) is 4.98. The summed E-state index contributed by atoms with van der Waals surface area (Å²) in [6.45, 7) is 0. The van der Waals surface area contributed by atoms with Gasteiger partial charge in [-0.3, -0.25) is 0 Å². The average molecular weight is 436 g/mol. The third kappa shape index (κ3) is 2.96. The lowest BCUT2D eigenvalue weighted by Gasteiger charge is -2.28. The van der Waals surface area contributed by atoms with Gasteiger partial charge in [0.1, 0.15) is 11.2 Å². The summed E-state index contributed by atoms with van der Waals surface area (Å²) in [5.74, 6) is 0. The van der Waals surface area contributed by atoms with Crippen LogP contribution < -0.4 is 4.90 Å². The Bertz CT molecular complexity index is 1710. The molecule has 0 saturated carbocycles. The fourth-order valence-electron chi connectivity index (χ4n) is 4.98. The van der Waals surface area contributed by atoms with Crippen LogP contribution in [0, 0.1) is 0 Å². The topological polar surface area (TPSA) is 16.4 Å². The Morgan fingerprint density at radius 2 is 1.06 bits per heavy atom. The summed E-state index contributed by atoms with van der Waals surface area (Å²) in [6, 6.07) is 45.1. The SMILES string of the molecule is c1ccc(N(c2ccccc2)c2cc3ccccc3cc2-c2ccc3c4ccc(o4)c3c2)cc1. The predicted octanol–water partition coefficient (Wildman–Crippen LogP) is 9.31. The highest BCUT2D eigenvalue weighted by Gasteiger charge is 2.19. The van der Waals surface area contributed by atoms with Crippen molar-refractivity contribution in [2.45, 2.75) is 0 Å². The lowest BCUT2D eigenvalue weighted by Crippen LogP contribution is -2.11. The van der Waals surface area contributed by atoms with E-state index in [2.05, 4.69) is 126 Å². The highest BCUT2D eigenvalue weighted by Crippen LogP contribution is 2.44. The number of furan rings is 2. The van der Waals surface area contributed by atoms with Crippen LogP contribution in [-0.4, -0.2) is 0 Å². The molecule has 2 aromatic heterocycles. The first kappa shape index (κ1) is 19.0. The Morgan fingerprint density at radius 3 is 1.74 bits per heavy atom. The molecule has 0 N–H and O–H groups in total. The second-order valence-corrected chi connectivity index (χ2v) is 8.65. The third-order valence-corrected chi connectivity index (χ3v) is 6.60. The minimum absolute atomic E-state index is 0.942. The van der Waals surface area contributed by atoms with Gasteiger partial charge in [0.25, 0.3) is 0 Å². The molecule has 0 atom stereocenters.